The van der Waals surface area contributed by atoms with Crippen molar-refractivity contribution in [3.63, 3.8) is 0 Å². The van der Waals surface area contributed by atoms with E-state index in [9.17, 15) is 9.59 Å². The van der Waals surface area contributed by atoms with Gasteiger partial charge in [-0.2, -0.15) is 0 Å². The van der Waals surface area contributed by atoms with Crippen LogP contribution < -0.4 is 4.74 Å². The summed E-state index contributed by atoms with van der Waals surface area (Å²) in [5, 5.41) is 9.16. The highest BCUT2D eigenvalue weighted by molar-refractivity contribution is 5.95. The average molecular weight is 306 g/mol. The van der Waals surface area contributed by atoms with Crippen molar-refractivity contribution < 1.29 is 19.4 Å². The second kappa shape index (κ2) is 6.77. The van der Waals surface area contributed by atoms with E-state index in [1.165, 1.54) is 0 Å². The molecule has 22 heavy (non-hydrogen) atoms. The lowest BCUT2D eigenvalue weighted by Crippen LogP contribution is -2.45. The number of nitrogens with zero attached hydrogens (tertiary/aromatic N) is 2. The molecule has 2 rings (SSSR count). The fourth-order valence-corrected chi connectivity index (χ4v) is 2.75. The number of hydrogen-bond donors (Lipinski definition) is 1. The quantitative estimate of drug-likeness (QED) is 0.921. The van der Waals surface area contributed by atoms with Crippen LogP contribution in [0.1, 0.15) is 37.7 Å². The average Bonchev–Trinajstić information content (AvgIpc) is 2.46. The lowest BCUT2D eigenvalue weighted by atomic mass is 9.87. The molecule has 0 radical (unpaired) electrons. The van der Waals surface area contributed by atoms with Gasteiger partial charge in [0.25, 0.3) is 5.91 Å². The molecule has 120 valence electrons. The van der Waals surface area contributed by atoms with E-state index in [-0.39, 0.29) is 29.5 Å². The lowest BCUT2D eigenvalue weighted by molar-refractivity contribution is -0.145. The van der Waals surface area contributed by atoms with E-state index in [1.54, 1.807) is 23.2 Å². The molecule has 2 atom stereocenters. The molecular formula is C16H22N2O4. The predicted octanol–water partition coefficient (Wildman–Crippen LogP) is 2.05. The van der Waals surface area contributed by atoms with Crippen LogP contribution >= 0.6 is 0 Å². The Morgan fingerprint density at radius 3 is 2.77 bits per heavy atom. The Hall–Kier alpha value is -2.11. The van der Waals surface area contributed by atoms with Crippen molar-refractivity contribution in [2.75, 3.05) is 13.1 Å². The normalized spacial score (nSPS) is 21.7. The van der Waals surface area contributed by atoms with Gasteiger partial charge in [0.15, 0.2) is 11.4 Å². The van der Waals surface area contributed by atoms with Gasteiger partial charge in [0, 0.05) is 19.3 Å². The second-order valence-corrected chi connectivity index (χ2v) is 5.98. The number of piperidine rings is 1. The van der Waals surface area contributed by atoms with E-state index in [4.69, 9.17) is 9.84 Å². The Morgan fingerprint density at radius 2 is 2.18 bits per heavy atom. The van der Waals surface area contributed by atoms with Crippen LogP contribution in [0.15, 0.2) is 18.3 Å². The highest BCUT2D eigenvalue weighted by atomic mass is 16.5. The number of carbonyl (C=O) groups is 2. The van der Waals surface area contributed by atoms with Crippen LogP contribution in [-0.2, 0) is 4.79 Å². The largest absolute Gasteiger partial charge is 0.489 e. The molecule has 1 saturated heterocycles. The Labute approximate surface area is 130 Å². The monoisotopic (exact) mass is 306 g/mol. The minimum absolute atomic E-state index is 0.0487. The van der Waals surface area contributed by atoms with Gasteiger partial charge < -0.3 is 14.7 Å². The van der Waals surface area contributed by atoms with Crippen LogP contribution in [0.4, 0.5) is 0 Å². The minimum Gasteiger partial charge on any atom is -0.489 e. The third kappa shape index (κ3) is 3.55. The third-order valence-electron chi connectivity index (χ3n) is 3.85. The van der Waals surface area contributed by atoms with E-state index in [2.05, 4.69) is 4.98 Å². The number of rotatable bonds is 4. The van der Waals surface area contributed by atoms with Crippen LogP contribution in [0.3, 0.4) is 0 Å². The lowest BCUT2D eigenvalue weighted by Gasteiger charge is -2.35. The number of pyridine rings is 1. The van der Waals surface area contributed by atoms with Gasteiger partial charge in [-0.15, -0.1) is 0 Å². The first-order valence-electron chi connectivity index (χ1n) is 7.54. The van der Waals surface area contributed by atoms with Gasteiger partial charge in [0.05, 0.1) is 12.0 Å². The molecule has 0 aromatic carbocycles. The summed E-state index contributed by atoms with van der Waals surface area (Å²) in [6, 6.07) is 3.46. The fourth-order valence-electron chi connectivity index (χ4n) is 2.75. The van der Waals surface area contributed by atoms with Crippen molar-refractivity contribution in [2.24, 2.45) is 11.8 Å². The summed E-state index contributed by atoms with van der Waals surface area (Å²) in [5.74, 6) is -0.990. The first kappa shape index (κ1) is 16.3. The molecule has 1 N–H and O–H groups in total. The molecule has 6 nitrogen and oxygen atoms in total. The molecule has 0 saturated carbocycles. The molecule has 1 fully saturated rings. The molecule has 1 aromatic rings. The highest BCUT2D eigenvalue weighted by Gasteiger charge is 2.34. The maximum Gasteiger partial charge on any atom is 0.306 e. The Balaban J connectivity index is 2.14. The zero-order chi connectivity index (χ0) is 16.3. The van der Waals surface area contributed by atoms with Crippen LogP contribution in [0, 0.1) is 11.8 Å². The predicted molar refractivity (Wildman–Crippen MR) is 80.8 cm³/mol. The molecule has 2 unspecified atom stereocenters. The van der Waals surface area contributed by atoms with Gasteiger partial charge in [-0.3, -0.25) is 9.59 Å². The summed E-state index contributed by atoms with van der Waals surface area (Å²) >= 11 is 0. The number of hydrogen-bond acceptors (Lipinski definition) is 4. The summed E-state index contributed by atoms with van der Waals surface area (Å²) in [4.78, 5) is 29.6. The molecule has 1 aliphatic heterocycles. The Kier molecular flexibility index (Phi) is 5.00. The van der Waals surface area contributed by atoms with Gasteiger partial charge in [-0.25, -0.2) is 4.98 Å². The van der Waals surface area contributed by atoms with Crippen LogP contribution in [0.2, 0.25) is 0 Å². The molecule has 6 heteroatoms. The summed E-state index contributed by atoms with van der Waals surface area (Å²) in [7, 11) is 0. The van der Waals surface area contributed by atoms with Crippen molar-refractivity contribution >= 4 is 11.9 Å². The van der Waals surface area contributed by atoms with Crippen molar-refractivity contribution in [2.45, 2.75) is 33.3 Å². The summed E-state index contributed by atoms with van der Waals surface area (Å²) < 4.78 is 5.64. The number of ether oxygens (including phenoxy) is 1. The number of aromatic nitrogens is 1. The van der Waals surface area contributed by atoms with Crippen molar-refractivity contribution in [1.82, 2.24) is 9.88 Å². The number of aliphatic carboxylic acids is 1. The van der Waals surface area contributed by atoms with Crippen molar-refractivity contribution in [1.29, 1.82) is 0 Å². The first-order valence-corrected chi connectivity index (χ1v) is 7.54. The van der Waals surface area contributed by atoms with E-state index in [1.807, 2.05) is 20.8 Å². The van der Waals surface area contributed by atoms with Gasteiger partial charge in [0.1, 0.15) is 0 Å². The molecule has 0 aliphatic carbocycles. The smallest absolute Gasteiger partial charge is 0.306 e. The summed E-state index contributed by atoms with van der Waals surface area (Å²) in [5.41, 5.74) is 0.289. The summed E-state index contributed by atoms with van der Waals surface area (Å²) in [6.45, 7) is 6.50. The molecule has 0 spiro atoms. The molecule has 2 heterocycles. The standard InChI is InChI=1S/C16H22N2O4/c1-10(2)22-13-5-4-7-17-14(13)15(19)18-8-6-12(16(20)21)11(3)9-18/h4-5,7,10-12H,6,8-9H2,1-3H3,(H,20,21). The van der Waals surface area contributed by atoms with Gasteiger partial charge in [0.2, 0.25) is 0 Å². The maximum atomic E-state index is 12.7. The van der Waals surface area contributed by atoms with Crippen LogP contribution in [0.5, 0.6) is 5.75 Å². The van der Waals surface area contributed by atoms with Gasteiger partial charge in [-0.1, -0.05) is 6.92 Å². The van der Waals surface area contributed by atoms with E-state index in [0.717, 1.165) is 0 Å². The zero-order valence-electron chi connectivity index (χ0n) is 13.2. The van der Waals surface area contributed by atoms with E-state index in [0.29, 0.717) is 25.3 Å². The SMILES string of the molecule is CC(C)Oc1cccnc1C(=O)N1CCC(C(=O)O)C(C)C1. The first-order chi connectivity index (χ1) is 10.4. The number of amides is 1. The highest BCUT2D eigenvalue weighted by Crippen LogP contribution is 2.26. The van der Waals surface area contributed by atoms with Crippen molar-refractivity contribution in [3.05, 3.63) is 24.0 Å². The minimum atomic E-state index is -0.790. The Bertz CT molecular complexity index is 559. The molecule has 0 bridgehead atoms. The molecule has 1 amide bonds. The Morgan fingerprint density at radius 1 is 1.45 bits per heavy atom. The van der Waals surface area contributed by atoms with E-state index >= 15 is 0 Å². The number of carbonyl (C=O) groups excluding carboxylic acids is 1. The number of likely N-dealkylation sites (tertiary alicyclic amines) is 1. The summed E-state index contributed by atoms with van der Waals surface area (Å²) in [6.07, 6.45) is 1.98. The van der Waals surface area contributed by atoms with Crippen LogP contribution in [0.25, 0.3) is 0 Å². The fraction of sp³-hybridized carbons (Fsp3) is 0.562. The van der Waals surface area contributed by atoms with E-state index < -0.39 is 5.97 Å². The van der Waals surface area contributed by atoms with Crippen LogP contribution in [-0.4, -0.2) is 46.1 Å². The van der Waals surface area contributed by atoms with Gasteiger partial charge in [-0.05, 0) is 38.3 Å². The maximum absolute atomic E-state index is 12.7. The third-order valence-corrected chi connectivity index (χ3v) is 3.85. The zero-order valence-corrected chi connectivity index (χ0v) is 13.2. The molecular weight excluding hydrogens is 284 g/mol. The van der Waals surface area contributed by atoms with Gasteiger partial charge >= 0.3 is 5.97 Å². The van der Waals surface area contributed by atoms with Crippen molar-refractivity contribution in [3.8, 4) is 5.75 Å². The topological polar surface area (TPSA) is 79.7 Å². The second-order valence-electron chi connectivity index (χ2n) is 5.98. The number of carboxylic acids is 1. The molecule has 1 aromatic heterocycles. The molecule has 1 aliphatic rings. The number of carboxylic acid groups (broad SMARTS) is 1.